The van der Waals surface area contributed by atoms with Crippen molar-refractivity contribution in [2.24, 2.45) is 11.8 Å². The number of rotatable bonds is 6. The van der Waals surface area contributed by atoms with Crippen LogP contribution in [0.1, 0.15) is 36.5 Å². The Balaban J connectivity index is 1.61. The van der Waals surface area contributed by atoms with Gasteiger partial charge >= 0.3 is 0 Å². The summed E-state index contributed by atoms with van der Waals surface area (Å²) >= 11 is 0. The molecular formula is C22H27N3O2. The first kappa shape index (κ1) is 19.1. The molecule has 0 bridgehead atoms. The summed E-state index contributed by atoms with van der Waals surface area (Å²) in [5, 5.41) is 9.22. The van der Waals surface area contributed by atoms with Crippen LogP contribution in [0.3, 0.4) is 0 Å². The SMILES string of the molecule is CC(CC(=O)Nc1ccccc1NC(=O)c1ccccc1)C1CCNCC1. The van der Waals surface area contributed by atoms with Crippen molar-refractivity contribution in [1.29, 1.82) is 0 Å². The largest absolute Gasteiger partial charge is 0.324 e. The number of anilines is 2. The number of benzene rings is 2. The quantitative estimate of drug-likeness (QED) is 0.727. The Morgan fingerprint density at radius 3 is 2.22 bits per heavy atom. The average Bonchev–Trinajstić information content (AvgIpc) is 2.70. The standard InChI is InChI=1S/C22H27N3O2/c1-16(17-11-13-23-14-12-17)15-21(26)24-19-9-5-6-10-20(19)25-22(27)18-7-3-2-4-8-18/h2-10,16-17,23H,11-15H2,1H3,(H,24,26)(H,25,27). The summed E-state index contributed by atoms with van der Waals surface area (Å²) in [7, 11) is 0. The monoisotopic (exact) mass is 365 g/mol. The molecule has 0 spiro atoms. The van der Waals surface area contributed by atoms with E-state index in [4.69, 9.17) is 0 Å². The zero-order valence-corrected chi connectivity index (χ0v) is 15.7. The third-order valence-corrected chi connectivity index (χ3v) is 5.18. The highest BCUT2D eigenvalue weighted by molar-refractivity contribution is 6.07. The molecule has 2 amide bonds. The van der Waals surface area contributed by atoms with Gasteiger partial charge in [0.15, 0.2) is 0 Å². The molecule has 2 aromatic carbocycles. The summed E-state index contributed by atoms with van der Waals surface area (Å²) in [6.45, 7) is 4.22. The maximum Gasteiger partial charge on any atom is 0.255 e. The summed E-state index contributed by atoms with van der Waals surface area (Å²) in [6.07, 6.45) is 2.74. The Bertz CT molecular complexity index is 770. The lowest BCUT2D eigenvalue weighted by Gasteiger charge is -2.28. The first-order valence-corrected chi connectivity index (χ1v) is 9.59. The van der Waals surface area contributed by atoms with Crippen molar-refractivity contribution in [2.45, 2.75) is 26.2 Å². The third-order valence-electron chi connectivity index (χ3n) is 5.18. The molecule has 1 heterocycles. The van der Waals surface area contributed by atoms with E-state index in [9.17, 15) is 9.59 Å². The zero-order chi connectivity index (χ0) is 19.1. The van der Waals surface area contributed by atoms with Gasteiger partial charge in [-0.15, -0.1) is 0 Å². The molecule has 1 fully saturated rings. The number of hydrogen-bond acceptors (Lipinski definition) is 3. The molecule has 1 saturated heterocycles. The number of para-hydroxylation sites is 2. The van der Waals surface area contributed by atoms with Crippen molar-refractivity contribution in [3.8, 4) is 0 Å². The summed E-state index contributed by atoms with van der Waals surface area (Å²) in [4.78, 5) is 24.9. The second-order valence-electron chi connectivity index (χ2n) is 7.18. The van der Waals surface area contributed by atoms with Gasteiger partial charge in [0.25, 0.3) is 5.91 Å². The maximum atomic E-state index is 12.5. The average molecular weight is 365 g/mol. The van der Waals surface area contributed by atoms with Gasteiger partial charge in [0.1, 0.15) is 0 Å². The minimum absolute atomic E-state index is 0.0116. The van der Waals surface area contributed by atoms with Gasteiger partial charge in [-0.1, -0.05) is 37.3 Å². The van der Waals surface area contributed by atoms with E-state index in [1.165, 1.54) is 0 Å². The van der Waals surface area contributed by atoms with Crippen LogP contribution >= 0.6 is 0 Å². The molecule has 0 aromatic heterocycles. The molecule has 142 valence electrons. The molecule has 5 nitrogen and oxygen atoms in total. The van der Waals surface area contributed by atoms with Crippen molar-refractivity contribution >= 4 is 23.2 Å². The van der Waals surface area contributed by atoms with E-state index in [0.717, 1.165) is 25.9 Å². The van der Waals surface area contributed by atoms with Gasteiger partial charge in [-0.05, 0) is 62.0 Å². The summed E-state index contributed by atoms with van der Waals surface area (Å²) in [5.74, 6) is 0.728. The topological polar surface area (TPSA) is 70.2 Å². The highest BCUT2D eigenvalue weighted by Gasteiger charge is 2.22. The van der Waals surface area contributed by atoms with E-state index in [-0.39, 0.29) is 11.8 Å². The van der Waals surface area contributed by atoms with Gasteiger partial charge < -0.3 is 16.0 Å². The van der Waals surface area contributed by atoms with E-state index >= 15 is 0 Å². The highest BCUT2D eigenvalue weighted by Crippen LogP contribution is 2.26. The Morgan fingerprint density at radius 2 is 1.56 bits per heavy atom. The van der Waals surface area contributed by atoms with Crippen LogP contribution < -0.4 is 16.0 Å². The van der Waals surface area contributed by atoms with Crippen LogP contribution in [0, 0.1) is 11.8 Å². The van der Waals surface area contributed by atoms with Crippen LogP contribution in [0.5, 0.6) is 0 Å². The van der Waals surface area contributed by atoms with E-state index in [2.05, 4.69) is 22.9 Å². The number of carbonyl (C=O) groups excluding carboxylic acids is 2. The second-order valence-corrected chi connectivity index (χ2v) is 7.18. The first-order chi connectivity index (χ1) is 13.1. The van der Waals surface area contributed by atoms with Crippen LogP contribution in [0.2, 0.25) is 0 Å². The van der Waals surface area contributed by atoms with Gasteiger partial charge in [-0.3, -0.25) is 9.59 Å². The van der Waals surface area contributed by atoms with Crippen LogP contribution in [0.15, 0.2) is 54.6 Å². The predicted molar refractivity (Wildman–Crippen MR) is 109 cm³/mol. The predicted octanol–water partition coefficient (Wildman–Crippen LogP) is 3.90. The lowest BCUT2D eigenvalue weighted by molar-refractivity contribution is -0.117. The lowest BCUT2D eigenvalue weighted by Crippen LogP contribution is -2.32. The van der Waals surface area contributed by atoms with E-state index < -0.39 is 0 Å². The van der Waals surface area contributed by atoms with Crippen LogP contribution in [-0.2, 0) is 4.79 Å². The first-order valence-electron chi connectivity index (χ1n) is 9.59. The molecule has 3 rings (SSSR count). The van der Waals surface area contributed by atoms with E-state index in [1.54, 1.807) is 18.2 Å². The van der Waals surface area contributed by atoms with Crippen molar-refractivity contribution in [2.75, 3.05) is 23.7 Å². The number of nitrogens with one attached hydrogen (secondary N) is 3. The molecule has 1 atom stereocenters. The van der Waals surface area contributed by atoms with Crippen molar-refractivity contribution in [3.63, 3.8) is 0 Å². The molecule has 27 heavy (non-hydrogen) atoms. The third kappa shape index (κ3) is 5.41. The molecule has 0 saturated carbocycles. The van der Waals surface area contributed by atoms with E-state index in [0.29, 0.717) is 35.2 Å². The fourth-order valence-corrected chi connectivity index (χ4v) is 3.56. The van der Waals surface area contributed by atoms with Gasteiger partial charge in [0.05, 0.1) is 11.4 Å². The second kappa shape index (κ2) is 9.33. The number of hydrogen-bond donors (Lipinski definition) is 3. The number of piperidine rings is 1. The van der Waals surface area contributed by atoms with Gasteiger partial charge in [-0.2, -0.15) is 0 Å². The summed E-state index contributed by atoms with van der Waals surface area (Å²) in [6, 6.07) is 16.3. The Labute approximate surface area is 160 Å². The fourth-order valence-electron chi connectivity index (χ4n) is 3.56. The number of amides is 2. The van der Waals surface area contributed by atoms with Gasteiger partial charge in [-0.25, -0.2) is 0 Å². The van der Waals surface area contributed by atoms with Gasteiger partial charge in [0, 0.05) is 12.0 Å². The molecule has 1 aliphatic rings. The minimum atomic E-state index is -0.194. The minimum Gasteiger partial charge on any atom is -0.324 e. The Kier molecular flexibility index (Phi) is 6.60. The van der Waals surface area contributed by atoms with Crippen LogP contribution in [0.4, 0.5) is 11.4 Å². The maximum absolute atomic E-state index is 12.5. The fraction of sp³-hybridized carbons (Fsp3) is 0.364. The van der Waals surface area contributed by atoms with Crippen LogP contribution in [-0.4, -0.2) is 24.9 Å². The van der Waals surface area contributed by atoms with Crippen LogP contribution in [0.25, 0.3) is 0 Å². The lowest BCUT2D eigenvalue weighted by atomic mass is 9.84. The van der Waals surface area contributed by atoms with Gasteiger partial charge in [0.2, 0.25) is 5.91 Å². The zero-order valence-electron chi connectivity index (χ0n) is 15.7. The molecule has 3 N–H and O–H groups in total. The van der Waals surface area contributed by atoms with Crippen molar-refractivity contribution < 1.29 is 9.59 Å². The molecule has 5 heteroatoms. The molecule has 1 aliphatic heterocycles. The Morgan fingerprint density at radius 1 is 0.963 bits per heavy atom. The normalized spacial score (nSPS) is 15.7. The molecule has 0 radical (unpaired) electrons. The number of carbonyl (C=O) groups is 2. The highest BCUT2D eigenvalue weighted by atomic mass is 16.2. The molecular weight excluding hydrogens is 338 g/mol. The smallest absolute Gasteiger partial charge is 0.255 e. The summed E-state index contributed by atoms with van der Waals surface area (Å²) in [5.41, 5.74) is 1.82. The van der Waals surface area contributed by atoms with Crippen molar-refractivity contribution in [1.82, 2.24) is 5.32 Å². The summed E-state index contributed by atoms with van der Waals surface area (Å²) < 4.78 is 0. The van der Waals surface area contributed by atoms with E-state index in [1.807, 2.05) is 36.4 Å². The molecule has 0 aliphatic carbocycles. The van der Waals surface area contributed by atoms with Crippen molar-refractivity contribution in [3.05, 3.63) is 60.2 Å². The molecule has 1 unspecified atom stereocenters. The Hall–Kier alpha value is -2.66. The molecule has 2 aromatic rings.